The van der Waals surface area contributed by atoms with Gasteiger partial charge in [0.2, 0.25) is 11.8 Å². The van der Waals surface area contributed by atoms with Crippen molar-refractivity contribution >= 4 is 23.5 Å². The Labute approximate surface area is 139 Å². The van der Waals surface area contributed by atoms with Crippen molar-refractivity contribution < 1.29 is 19.1 Å². The van der Waals surface area contributed by atoms with Crippen LogP contribution in [0.3, 0.4) is 0 Å². The third-order valence-electron chi connectivity index (χ3n) is 6.02. The van der Waals surface area contributed by atoms with Gasteiger partial charge in [0.1, 0.15) is 5.75 Å². The summed E-state index contributed by atoms with van der Waals surface area (Å²) in [4.78, 5) is 38.2. The molecule has 122 valence electrons. The zero-order valence-electron chi connectivity index (χ0n) is 13.2. The monoisotopic (exact) mass is 323 g/mol. The maximum absolute atomic E-state index is 13.0. The molecule has 2 amide bonds. The predicted molar refractivity (Wildman–Crippen MR) is 84.9 cm³/mol. The molecule has 0 unspecified atom stereocenters. The number of nitrogens with zero attached hydrogens (tertiary/aromatic N) is 1. The van der Waals surface area contributed by atoms with Gasteiger partial charge in [-0.15, -0.1) is 0 Å². The van der Waals surface area contributed by atoms with Crippen LogP contribution in [0.25, 0.3) is 0 Å². The first-order chi connectivity index (χ1) is 11.6. The van der Waals surface area contributed by atoms with Crippen molar-refractivity contribution in [3.8, 4) is 5.75 Å². The number of carbonyl (C=O) groups excluding carboxylic acids is 3. The summed E-state index contributed by atoms with van der Waals surface area (Å²) < 4.78 is 5.01. The van der Waals surface area contributed by atoms with Gasteiger partial charge in [0, 0.05) is 6.92 Å². The van der Waals surface area contributed by atoms with Crippen LogP contribution in [0.4, 0.5) is 5.69 Å². The number of allylic oxidation sites excluding steroid dienone is 2. The van der Waals surface area contributed by atoms with Crippen molar-refractivity contribution in [2.45, 2.75) is 13.3 Å². The topological polar surface area (TPSA) is 63.7 Å². The van der Waals surface area contributed by atoms with Crippen molar-refractivity contribution in [2.75, 3.05) is 4.90 Å². The van der Waals surface area contributed by atoms with Gasteiger partial charge in [-0.2, -0.15) is 0 Å². The Morgan fingerprint density at radius 3 is 2.04 bits per heavy atom. The molecule has 5 aliphatic rings. The summed E-state index contributed by atoms with van der Waals surface area (Å²) in [5.74, 6) is 1.14. The van der Waals surface area contributed by atoms with Crippen molar-refractivity contribution in [2.24, 2.45) is 35.5 Å². The fraction of sp³-hybridized carbons (Fsp3) is 0.421. The lowest BCUT2D eigenvalue weighted by Crippen LogP contribution is -2.40. The second-order valence-corrected chi connectivity index (χ2v) is 7.25. The molecule has 0 radical (unpaired) electrons. The Hall–Kier alpha value is -2.43. The van der Waals surface area contributed by atoms with Crippen LogP contribution < -0.4 is 9.64 Å². The molecule has 24 heavy (non-hydrogen) atoms. The largest absolute Gasteiger partial charge is 0.427 e. The van der Waals surface area contributed by atoms with Crippen LogP contribution in [-0.2, 0) is 14.4 Å². The average Bonchev–Trinajstić information content (AvgIpc) is 3.33. The van der Waals surface area contributed by atoms with E-state index in [0.717, 1.165) is 6.42 Å². The molecule has 1 aliphatic heterocycles. The molecule has 5 heteroatoms. The van der Waals surface area contributed by atoms with Crippen LogP contribution in [0.5, 0.6) is 5.75 Å². The molecule has 0 spiro atoms. The molecule has 2 saturated carbocycles. The first-order valence-electron chi connectivity index (χ1n) is 8.41. The second kappa shape index (κ2) is 4.56. The Morgan fingerprint density at radius 1 is 1.00 bits per heavy atom. The maximum Gasteiger partial charge on any atom is 0.308 e. The highest BCUT2D eigenvalue weighted by Gasteiger charge is 2.67. The molecular weight excluding hydrogens is 306 g/mol. The van der Waals surface area contributed by atoms with Crippen LogP contribution in [0.15, 0.2) is 36.4 Å². The predicted octanol–water partition coefficient (Wildman–Crippen LogP) is 2.17. The SMILES string of the molecule is CC(=O)Oc1ccc(N2C(=O)[C@@H]3[C@@H]4C=C[C@@H]([C@@H]5C[C@@H]45)[C@@H]3C2=O)cc1. The van der Waals surface area contributed by atoms with E-state index in [2.05, 4.69) is 12.2 Å². The number of carbonyl (C=O) groups is 3. The minimum absolute atomic E-state index is 0.0741. The molecule has 3 fully saturated rings. The summed E-state index contributed by atoms with van der Waals surface area (Å²) in [7, 11) is 0. The molecule has 6 rings (SSSR count). The highest BCUT2D eigenvalue weighted by molar-refractivity contribution is 6.22. The lowest BCUT2D eigenvalue weighted by molar-refractivity contribution is -0.132. The van der Waals surface area contributed by atoms with Crippen molar-refractivity contribution in [3.05, 3.63) is 36.4 Å². The number of imide groups is 1. The van der Waals surface area contributed by atoms with Gasteiger partial charge in [-0.05, 0) is 54.4 Å². The number of hydrogen-bond acceptors (Lipinski definition) is 4. The minimum Gasteiger partial charge on any atom is -0.427 e. The summed E-state index contributed by atoms with van der Waals surface area (Å²) in [5, 5.41) is 0. The number of benzene rings is 1. The standard InChI is InChI=1S/C19H17NO4/c1-9(21)24-11-4-2-10(3-5-11)20-18(22)16-12-6-7-13(15-8-14(12)15)17(16)19(20)23/h2-7,12-17H,8H2,1H3/t12-,13+,14-,15-,16-,17+/m0/s1. The van der Waals surface area contributed by atoms with E-state index in [9.17, 15) is 14.4 Å². The molecule has 1 aromatic rings. The van der Waals surface area contributed by atoms with E-state index < -0.39 is 5.97 Å². The molecule has 1 heterocycles. The Bertz CT molecular complexity index is 760. The number of ether oxygens (including phenoxy) is 1. The number of rotatable bonds is 2. The first-order valence-corrected chi connectivity index (χ1v) is 8.41. The minimum atomic E-state index is -0.399. The van der Waals surface area contributed by atoms with Gasteiger partial charge in [-0.25, -0.2) is 0 Å². The first kappa shape index (κ1) is 14.0. The van der Waals surface area contributed by atoms with Gasteiger partial charge in [0.15, 0.2) is 0 Å². The van der Waals surface area contributed by atoms with E-state index in [1.54, 1.807) is 24.3 Å². The van der Waals surface area contributed by atoms with Gasteiger partial charge in [-0.3, -0.25) is 19.3 Å². The number of anilines is 1. The van der Waals surface area contributed by atoms with Crippen LogP contribution >= 0.6 is 0 Å². The average molecular weight is 323 g/mol. The van der Waals surface area contributed by atoms with Crippen LogP contribution in [0.1, 0.15) is 13.3 Å². The third-order valence-corrected chi connectivity index (χ3v) is 6.02. The van der Waals surface area contributed by atoms with E-state index in [0.29, 0.717) is 23.3 Å². The summed E-state index contributed by atoms with van der Waals surface area (Å²) >= 11 is 0. The van der Waals surface area contributed by atoms with Gasteiger partial charge >= 0.3 is 5.97 Å². The fourth-order valence-electron chi connectivity index (χ4n) is 5.04. The van der Waals surface area contributed by atoms with E-state index in [4.69, 9.17) is 4.74 Å². The van der Waals surface area contributed by atoms with Crippen LogP contribution in [-0.4, -0.2) is 17.8 Å². The van der Waals surface area contributed by atoms with Crippen molar-refractivity contribution in [1.29, 1.82) is 0 Å². The van der Waals surface area contributed by atoms with E-state index in [-0.39, 0.29) is 35.5 Å². The van der Waals surface area contributed by atoms with Gasteiger partial charge in [0.25, 0.3) is 0 Å². The lowest BCUT2D eigenvalue weighted by Gasteiger charge is -2.37. The molecule has 0 N–H and O–H groups in total. The maximum atomic E-state index is 13.0. The van der Waals surface area contributed by atoms with E-state index >= 15 is 0 Å². The zero-order valence-corrected chi connectivity index (χ0v) is 13.2. The summed E-state index contributed by atoms with van der Waals surface area (Å²) in [6, 6.07) is 6.57. The van der Waals surface area contributed by atoms with Gasteiger partial charge in [0.05, 0.1) is 17.5 Å². The molecule has 1 saturated heterocycles. The fourth-order valence-corrected chi connectivity index (χ4v) is 5.04. The third kappa shape index (κ3) is 1.72. The van der Waals surface area contributed by atoms with E-state index in [1.807, 2.05) is 0 Å². The van der Waals surface area contributed by atoms with Crippen LogP contribution in [0, 0.1) is 35.5 Å². The number of amides is 2. The van der Waals surface area contributed by atoms with E-state index in [1.165, 1.54) is 11.8 Å². The smallest absolute Gasteiger partial charge is 0.308 e. The number of esters is 1. The molecular formula is C19H17NO4. The summed E-state index contributed by atoms with van der Waals surface area (Å²) in [6.45, 7) is 1.33. The van der Waals surface area contributed by atoms with Gasteiger partial charge in [-0.1, -0.05) is 12.2 Å². The van der Waals surface area contributed by atoms with Crippen molar-refractivity contribution in [3.63, 3.8) is 0 Å². The quantitative estimate of drug-likeness (QED) is 0.362. The Morgan fingerprint density at radius 2 is 1.54 bits per heavy atom. The second-order valence-electron chi connectivity index (χ2n) is 7.25. The molecule has 4 aliphatic carbocycles. The summed E-state index contributed by atoms with van der Waals surface area (Å²) in [6.07, 6.45) is 5.49. The molecule has 1 aromatic carbocycles. The lowest BCUT2D eigenvalue weighted by atomic mass is 9.63. The van der Waals surface area contributed by atoms with Gasteiger partial charge < -0.3 is 4.74 Å². The van der Waals surface area contributed by atoms with Crippen molar-refractivity contribution in [1.82, 2.24) is 0 Å². The zero-order chi connectivity index (χ0) is 16.6. The summed E-state index contributed by atoms with van der Waals surface area (Å²) in [5.41, 5.74) is 0.559. The normalized spacial score (nSPS) is 38.1. The Kier molecular flexibility index (Phi) is 2.65. The molecule has 0 aromatic heterocycles. The Balaban J connectivity index is 1.47. The molecule has 6 atom stereocenters. The number of hydrogen-bond donors (Lipinski definition) is 0. The highest BCUT2D eigenvalue weighted by Crippen LogP contribution is 2.65. The molecule has 5 nitrogen and oxygen atoms in total. The highest BCUT2D eigenvalue weighted by atomic mass is 16.5. The molecule has 2 bridgehead atoms. The van der Waals surface area contributed by atoms with Crippen LogP contribution in [0.2, 0.25) is 0 Å².